The van der Waals surface area contributed by atoms with Crippen LogP contribution in [0.4, 0.5) is 0 Å². The van der Waals surface area contributed by atoms with E-state index in [0.717, 1.165) is 22.5 Å². The molecule has 0 aliphatic heterocycles. The van der Waals surface area contributed by atoms with Gasteiger partial charge in [0.25, 0.3) is 0 Å². The molecule has 0 saturated carbocycles. The van der Waals surface area contributed by atoms with E-state index >= 15 is 0 Å². The largest absolute Gasteiger partial charge is 0.335 e. The quantitative estimate of drug-likeness (QED) is 0.426. The molecule has 1 heterocycles. The second-order valence-corrected chi connectivity index (χ2v) is 9.86. The third-order valence-electron chi connectivity index (χ3n) is 3.95. The smallest absolute Gasteiger partial charge is 0.104 e. The molecule has 0 aliphatic carbocycles. The standard InChI is InChI=1S/C19H21BrN2S2/c1-3-23-19(24-4-2,13-22-10-9-21-14-22)17-7-5-16-12-18(20)8-6-15(16)11-17/h5-12,14H,3-4,13H2,1-2H3. The van der Waals surface area contributed by atoms with Gasteiger partial charge in [-0.05, 0) is 46.0 Å². The molecule has 0 unspecified atom stereocenters. The molecule has 0 amide bonds. The lowest BCUT2D eigenvalue weighted by Crippen LogP contribution is -2.25. The summed E-state index contributed by atoms with van der Waals surface area (Å²) in [5, 5.41) is 2.56. The van der Waals surface area contributed by atoms with Gasteiger partial charge in [0.1, 0.15) is 4.08 Å². The number of thioether (sulfide) groups is 2. The highest BCUT2D eigenvalue weighted by atomic mass is 79.9. The number of halogens is 1. The van der Waals surface area contributed by atoms with Crippen LogP contribution in [-0.2, 0) is 10.6 Å². The molecule has 2 aromatic carbocycles. The van der Waals surface area contributed by atoms with Crippen molar-refractivity contribution in [1.82, 2.24) is 9.55 Å². The van der Waals surface area contributed by atoms with E-state index < -0.39 is 0 Å². The third kappa shape index (κ3) is 3.84. The second kappa shape index (κ2) is 7.98. The molecule has 5 heteroatoms. The fourth-order valence-corrected chi connectivity index (χ4v) is 6.35. The van der Waals surface area contributed by atoms with Crippen LogP contribution in [0.5, 0.6) is 0 Å². The Labute approximate surface area is 160 Å². The van der Waals surface area contributed by atoms with E-state index in [2.05, 4.69) is 81.9 Å². The van der Waals surface area contributed by atoms with Crippen LogP contribution in [-0.4, -0.2) is 21.1 Å². The average molecular weight is 421 g/mol. The number of hydrogen-bond donors (Lipinski definition) is 0. The minimum absolute atomic E-state index is 0.00542. The van der Waals surface area contributed by atoms with Gasteiger partial charge in [-0.1, -0.05) is 48.0 Å². The first-order chi connectivity index (χ1) is 11.7. The molecule has 0 atom stereocenters. The zero-order chi connectivity index (χ0) is 17.0. The zero-order valence-electron chi connectivity index (χ0n) is 13.9. The molecule has 1 aromatic heterocycles. The summed E-state index contributed by atoms with van der Waals surface area (Å²) < 4.78 is 3.32. The van der Waals surface area contributed by atoms with Crippen LogP contribution in [0, 0.1) is 0 Å². The predicted molar refractivity (Wildman–Crippen MR) is 112 cm³/mol. The van der Waals surface area contributed by atoms with Crippen LogP contribution >= 0.6 is 39.5 Å². The van der Waals surface area contributed by atoms with Gasteiger partial charge in [0.15, 0.2) is 0 Å². The van der Waals surface area contributed by atoms with Crippen molar-refractivity contribution < 1.29 is 0 Å². The van der Waals surface area contributed by atoms with Gasteiger partial charge in [0.2, 0.25) is 0 Å². The van der Waals surface area contributed by atoms with Gasteiger partial charge in [-0.3, -0.25) is 0 Å². The lowest BCUT2D eigenvalue weighted by Gasteiger charge is -2.33. The van der Waals surface area contributed by atoms with Gasteiger partial charge in [-0.2, -0.15) is 0 Å². The van der Waals surface area contributed by atoms with Crippen molar-refractivity contribution >= 4 is 50.2 Å². The minimum Gasteiger partial charge on any atom is -0.335 e. The molecule has 0 saturated heterocycles. The molecule has 0 aliphatic rings. The summed E-state index contributed by atoms with van der Waals surface area (Å²) in [7, 11) is 0. The molecule has 3 aromatic rings. The maximum absolute atomic E-state index is 4.22. The van der Waals surface area contributed by atoms with E-state index in [1.165, 1.54) is 16.3 Å². The van der Waals surface area contributed by atoms with Crippen LogP contribution < -0.4 is 0 Å². The Balaban J connectivity index is 2.07. The van der Waals surface area contributed by atoms with Crippen molar-refractivity contribution in [3.63, 3.8) is 0 Å². The van der Waals surface area contributed by atoms with Crippen LogP contribution in [0.3, 0.4) is 0 Å². The van der Waals surface area contributed by atoms with E-state index in [1.54, 1.807) is 0 Å². The molecular formula is C19H21BrN2S2. The number of fused-ring (bicyclic) bond motifs is 1. The van der Waals surface area contributed by atoms with Crippen LogP contribution in [0.2, 0.25) is 0 Å². The third-order valence-corrected chi connectivity index (χ3v) is 7.39. The van der Waals surface area contributed by atoms with Gasteiger partial charge >= 0.3 is 0 Å². The highest BCUT2D eigenvalue weighted by molar-refractivity contribution is 9.10. The SMILES string of the molecule is CCSC(Cn1ccnc1)(SCC)c1ccc2cc(Br)ccc2c1. The number of aromatic nitrogens is 2. The molecular weight excluding hydrogens is 400 g/mol. The van der Waals surface area contributed by atoms with Crippen molar-refractivity contribution in [2.24, 2.45) is 0 Å². The fraction of sp³-hybridized carbons (Fsp3) is 0.316. The summed E-state index contributed by atoms with van der Waals surface area (Å²) >= 11 is 7.59. The van der Waals surface area contributed by atoms with Gasteiger partial charge in [-0.25, -0.2) is 4.98 Å². The lowest BCUT2D eigenvalue weighted by molar-refractivity contribution is 0.649. The number of nitrogens with zero attached hydrogens (tertiary/aromatic N) is 2. The summed E-state index contributed by atoms with van der Waals surface area (Å²) in [6.45, 7) is 5.40. The van der Waals surface area contributed by atoms with E-state index in [4.69, 9.17) is 0 Å². The predicted octanol–water partition coefficient (Wildman–Crippen LogP) is 6.16. The molecule has 0 spiro atoms. The minimum atomic E-state index is 0.00542. The molecule has 3 rings (SSSR count). The number of benzene rings is 2. The Bertz CT molecular complexity index is 796. The number of imidazole rings is 1. The van der Waals surface area contributed by atoms with Crippen LogP contribution in [0.15, 0.2) is 59.6 Å². The van der Waals surface area contributed by atoms with Gasteiger partial charge in [0, 0.05) is 16.9 Å². The van der Waals surface area contributed by atoms with Crippen molar-refractivity contribution in [3.05, 3.63) is 65.2 Å². The molecule has 24 heavy (non-hydrogen) atoms. The highest BCUT2D eigenvalue weighted by Crippen LogP contribution is 2.48. The average Bonchev–Trinajstić information content (AvgIpc) is 3.07. The van der Waals surface area contributed by atoms with Gasteiger partial charge in [-0.15, -0.1) is 23.5 Å². The molecule has 0 fully saturated rings. The van der Waals surface area contributed by atoms with E-state index in [1.807, 2.05) is 36.0 Å². The van der Waals surface area contributed by atoms with Crippen molar-refractivity contribution in [1.29, 1.82) is 0 Å². The summed E-state index contributed by atoms with van der Waals surface area (Å²) in [6, 6.07) is 13.4. The monoisotopic (exact) mass is 420 g/mol. The lowest BCUT2D eigenvalue weighted by atomic mass is 10.0. The zero-order valence-corrected chi connectivity index (χ0v) is 17.1. The van der Waals surface area contributed by atoms with Crippen molar-refractivity contribution in [2.75, 3.05) is 11.5 Å². The molecule has 2 nitrogen and oxygen atoms in total. The Morgan fingerprint density at radius 1 is 1.04 bits per heavy atom. The van der Waals surface area contributed by atoms with Crippen molar-refractivity contribution in [3.8, 4) is 0 Å². The van der Waals surface area contributed by atoms with E-state index in [9.17, 15) is 0 Å². The molecule has 0 N–H and O–H groups in total. The first-order valence-electron chi connectivity index (χ1n) is 8.10. The Kier molecular flexibility index (Phi) is 5.95. The van der Waals surface area contributed by atoms with Crippen LogP contribution in [0.25, 0.3) is 10.8 Å². The van der Waals surface area contributed by atoms with Crippen LogP contribution in [0.1, 0.15) is 19.4 Å². The maximum Gasteiger partial charge on any atom is 0.104 e. The summed E-state index contributed by atoms with van der Waals surface area (Å²) in [6.07, 6.45) is 5.83. The van der Waals surface area contributed by atoms with Gasteiger partial charge in [0.05, 0.1) is 12.9 Å². The van der Waals surface area contributed by atoms with E-state index in [0.29, 0.717) is 0 Å². The van der Waals surface area contributed by atoms with E-state index in [-0.39, 0.29) is 4.08 Å². The summed E-state index contributed by atoms with van der Waals surface area (Å²) in [4.78, 5) is 4.22. The van der Waals surface area contributed by atoms with Gasteiger partial charge < -0.3 is 4.57 Å². The topological polar surface area (TPSA) is 17.8 Å². The highest BCUT2D eigenvalue weighted by Gasteiger charge is 2.33. The fourth-order valence-electron chi connectivity index (χ4n) is 2.93. The molecule has 0 bridgehead atoms. The first kappa shape index (κ1) is 17.9. The second-order valence-electron chi connectivity index (χ2n) is 5.56. The normalized spacial score (nSPS) is 12.0. The molecule has 126 valence electrons. The Hall–Kier alpha value is -0.910. The Morgan fingerprint density at radius 3 is 2.42 bits per heavy atom. The maximum atomic E-state index is 4.22. The summed E-state index contributed by atoms with van der Waals surface area (Å²) in [5.41, 5.74) is 1.38. The first-order valence-corrected chi connectivity index (χ1v) is 10.9. The summed E-state index contributed by atoms with van der Waals surface area (Å²) in [5.74, 6) is 2.17. The number of hydrogen-bond acceptors (Lipinski definition) is 3. The number of rotatable bonds is 7. The Morgan fingerprint density at radius 2 is 1.75 bits per heavy atom. The molecule has 0 radical (unpaired) electrons. The van der Waals surface area contributed by atoms with Crippen molar-refractivity contribution in [2.45, 2.75) is 24.5 Å².